The number of rotatable bonds is 4. The van der Waals surface area contributed by atoms with E-state index >= 15 is 0 Å². The molecule has 1 aliphatic heterocycles. The van der Waals surface area contributed by atoms with Crippen molar-refractivity contribution in [2.45, 2.75) is 11.1 Å². The Morgan fingerprint density at radius 1 is 1.07 bits per heavy atom. The van der Waals surface area contributed by atoms with E-state index in [1.807, 2.05) is 0 Å². The fourth-order valence-corrected chi connectivity index (χ4v) is 4.79. The number of carbonyl (C=O) groups is 1. The van der Waals surface area contributed by atoms with Crippen LogP contribution in [0.4, 0.5) is 18.9 Å². The molecule has 30 heavy (non-hydrogen) atoms. The number of ether oxygens (including phenoxy) is 1. The Labute approximate surface area is 176 Å². The van der Waals surface area contributed by atoms with E-state index in [-0.39, 0.29) is 41.7 Å². The van der Waals surface area contributed by atoms with Gasteiger partial charge in [-0.15, -0.1) is 0 Å². The summed E-state index contributed by atoms with van der Waals surface area (Å²) in [5, 5.41) is 0.0650. The van der Waals surface area contributed by atoms with Crippen molar-refractivity contribution >= 4 is 33.3 Å². The molecule has 0 saturated carbocycles. The molecule has 0 atom stereocenters. The van der Waals surface area contributed by atoms with Gasteiger partial charge >= 0.3 is 12.1 Å². The molecule has 0 bridgehead atoms. The number of sulfonamides is 1. The van der Waals surface area contributed by atoms with Gasteiger partial charge in [0.05, 0.1) is 28.2 Å². The Morgan fingerprint density at radius 3 is 2.33 bits per heavy atom. The summed E-state index contributed by atoms with van der Waals surface area (Å²) < 4.78 is 70.5. The summed E-state index contributed by atoms with van der Waals surface area (Å²) in [4.78, 5) is 13.4. The summed E-state index contributed by atoms with van der Waals surface area (Å²) >= 11 is 5.94. The Morgan fingerprint density at radius 2 is 1.73 bits per heavy atom. The van der Waals surface area contributed by atoms with Gasteiger partial charge in [0.25, 0.3) is 0 Å². The van der Waals surface area contributed by atoms with Crippen molar-refractivity contribution in [2.24, 2.45) is 0 Å². The molecular formula is C19H18ClF3N2O4S. The highest BCUT2D eigenvalue weighted by Crippen LogP contribution is 2.32. The number of carbonyl (C=O) groups excluding carboxylic acids is 1. The van der Waals surface area contributed by atoms with Gasteiger partial charge in [0.2, 0.25) is 10.0 Å². The molecular weight excluding hydrogens is 445 g/mol. The van der Waals surface area contributed by atoms with Crippen LogP contribution >= 0.6 is 11.6 Å². The minimum absolute atomic E-state index is 0.0650. The highest BCUT2D eigenvalue weighted by molar-refractivity contribution is 7.89. The van der Waals surface area contributed by atoms with E-state index in [0.29, 0.717) is 5.69 Å². The van der Waals surface area contributed by atoms with Gasteiger partial charge in [-0.05, 0) is 36.4 Å². The largest absolute Gasteiger partial charge is 0.465 e. The topological polar surface area (TPSA) is 66.9 Å². The van der Waals surface area contributed by atoms with Crippen LogP contribution in [0.15, 0.2) is 47.4 Å². The highest BCUT2D eigenvalue weighted by Gasteiger charge is 2.32. The summed E-state index contributed by atoms with van der Waals surface area (Å²) in [6.07, 6.45) is -4.45. The van der Waals surface area contributed by atoms with Gasteiger partial charge < -0.3 is 9.64 Å². The second kappa shape index (κ2) is 8.44. The minimum Gasteiger partial charge on any atom is -0.465 e. The molecule has 1 fully saturated rings. The Kier molecular flexibility index (Phi) is 6.30. The normalized spacial score (nSPS) is 15.8. The summed E-state index contributed by atoms with van der Waals surface area (Å²) in [5.41, 5.74) is -0.448. The van der Waals surface area contributed by atoms with Gasteiger partial charge in [-0.2, -0.15) is 17.5 Å². The molecule has 11 heteroatoms. The molecule has 0 spiro atoms. The minimum atomic E-state index is -4.45. The molecule has 1 heterocycles. The van der Waals surface area contributed by atoms with Crippen LogP contribution in [0.1, 0.15) is 15.9 Å². The lowest BCUT2D eigenvalue weighted by atomic mass is 10.1. The summed E-state index contributed by atoms with van der Waals surface area (Å²) in [7, 11) is -2.76. The fourth-order valence-electron chi connectivity index (χ4n) is 3.15. The molecule has 0 aliphatic carbocycles. The second-order valence-corrected chi connectivity index (χ2v) is 8.92. The average Bonchev–Trinajstić information content (AvgIpc) is 2.73. The van der Waals surface area contributed by atoms with Crippen molar-refractivity contribution < 1.29 is 31.1 Å². The molecule has 2 aromatic carbocycles. The monoisotopic (exact) mass is 462 g/mol. The molecule has 0 radical (unpaired) electrons. The van der Waals surface area contributed by atoms with Gasteiger partial charge in [-0.1, -0.05) is 17.7 Å². The van der Waals surface area contributed by atoms with Crippen molar-refractivity contribution in [2.75, 3.05) is 38.2 Å². The van der Waals surface area contributed by atoms with Gasteiger partial charge in [-0.25, -0.2) is 13.2 Å². The van der Waals surface area contributed by atoms with Gasteiger partial charge in [0, 0.05) is 31.9 Å². The Balaban J connectivity index is 1.77. The van der Waals surface area contributed by atoms with E-state index in [4.69, 9.17) is 11.6 Å². The van der Waals surface area contributed by atoms with E-state index in [2.05, 4.69) is 4.74 Å². The van der Waals surface area contributed by atoms with Crippen LogP contribution in [0.3, 0.4) is 0 Å². The first-order chi connectivity index (χ1) is 14.0. The summed E-state index contributed by atoms with van der Waals surface area (Å²) in [6.45, 7) is 0.597. The molecule has 1 aliphatic rings. The number of benzene rings is 2. The highest BCUT2D eigenvalue weighted by atomic mass is 35.5. The number of nitrogens with zero attached hydrogens (tertiary/aromatic N) is 2. The Hall–Kier alpha value is -2.30. The smallest absolute Gasteiger partial charge is 0.416 e. The number of hydrogen-bond acceptors (Lipinski definition) is 5. The molecule has 0 N–H and O–H groups in total. The van der Waals surface area contributed by atoms with Gasteiger partial charge in [-0.3, -0.25) is 0 Å². The standard InChI is InChI=1S/C19H18ClF3N2O4S/c1-29-18(26)16-12-15(5-6-17(16)20)30(27,28)25-9-7-24(8-10-25)14-4-2-3-13(11-14)19(21,22)23/h2-6,11-12H,7-10H2,1H3. The van der Waals surface area contributed by atoms with Crippen molar-refractivity contribution in [3.63, 3.8) is 0 Å². The van der Waals surface area contributed by atoms with Crippen molar-refractivity contribution in [3.8, 4) is 0 Å². The van der Waals surface area contributed by atoms with E-state index in [9.17, 15) is 26.4 Å². The van der Waals surface area contributed by atoms with Crippen LogP contribution in [0.5, 0.6) is 0 Å². The lowest BCUT2D eigenvalue weighted by Crippen LogP contribution is -2.48. The van der Waals surface area contributed by atoms with Crippen LogP contribution < -0.4 is 4.90 Å². The van der Waals surface area contributed by atoms with Crippen LogP contribution in [-0.4, -0.2) is 52.0 Å². The zero-order valence-electron chi connectivity index (χ0n) is 15.8. The van der Waals surface area contributed by atoms with Crippen LogP contribution in [0, 0.1) is 0 Å². The maximum atomic E-state index is 13.0. The number of alkyl halides is 3. The maximum Gasteiger partial charge on any atom is 0.416 e. The van der Waals surface area contributed by atoms with Gasteiger partial charge in [0.15, 0.2) is 0 Å². The first kappa shape index (κ1) is 22.4. The zero-order chi connectivity index (χ0) is 22.1. The summed E-state index contributed by atoms with van der Waals surface area (Å²) in [6, 6.07) is 8.67. The third-order valence-electron chi connectivity index (χ3n) is 4.76. The molecule has 0 aromatic heterocycles. The summed E-state index contributed by atoms with van der Waals surface area (Å²) in [5.74, 6) is -0.758. The predicted molar refractivity (Wildman–Crippen MR) is 105 cm³/mol. The molecule has 1 saturated heterocycles. The van der Waals surface area contributed by atoms with E-state index in [1.165, 1.54) is 22.5 Å². The van der Waals surface area contributed by atoms with Crippen molar-refractivity contribution in [1.82, 2.24) is 4.31 Å². The third-order valence-corrected chi connectivity index (χ3v) is 6.98. The number of anilines is 1. The Bertz CT molecular complexity index is 1050. The lowest BCUT2D eigenvalue weighted by Gasteiger charge is -2.35. The van der Waals surface area contributed by atoms with Crippen LogP contribution in [0.2, 0.25) is 5.02 Å². The van der Waals surface area contributed by atoms with Crippen molar-refractivity contribution in [3.05, 3.63) is 58.6 Å². The SMILES string of the molecule is COC(=O)c1cc(S(=O)(=O)N2CCN(c3cccc(C(F)(F)F)c3)CC2)ccc1Cl. The molecule has 0 amide bonds. The fraction of sp³-hybridized carbons (Fsp3) is 0.316. The first-order valence-electron chi connectivity index (χ1n) is 8.84. The van der Waals surface area contributed by atoms with E-state index in [1.54, 1.807) is 11.0 Å². The molecule has 6 nitrogen and oxygen atoms in total. The van der Waals surface area contributed by atoms with E-state index in [0.717, 1.165) is 25.3 Å². The van der Waals surface area contributed by atoms with Crippen LogP contribution in [-0.2, 0) is 20.9 Å². The molecule has 162 valence electrons. The number of methoxy groups -OCH3 is 1. The number of esters is 1. The maximum absolute atomic E-state index is 13.0. The number of halogens is 4. The average molecular weight is 463 g/mol. The predicted octanol–water partition coefficient (Wildman–Crippen LogP) is 3.66. The number of piperazine rings is 1. The molecule has 0 unspecified atom stereocenters. The quantitative estimate of drug-likeness (QED) is 0.649. The third kappa shape index (κ3) is 4.55. The first-order valence-corrected chi connectivity index (χ1v) is 10.7. The second-order valence-electron chi connectivity index (χ2n) is 6.57. The van der Waals surface area contributed by atoms with Crippen LogP contribution in [0.25, 0.3) is 0 Å². The van der Waals surface area contributed by atoms with E-state index < -0.39 is 27.7 Å². The lowest BCUT2D eigenvalue weighted by molar-refractivity contribution is -0.137. The molecule has 3 rings (SSSR count). The van der Waals surface area contributed by atoms with Crippen molar-refractivity contribution in [1.29, 1.82) is 0 Å². The zero-order valence-corrected chi connectivity index (χ0v) is 17.4. The van der Waals surface area contributed by atoms with Gasteiger partial charge in [0.1, 0.15) is 0 Å². The molecule has 2 aromatic rings. The number of hydrogen-bond donors (Lipinski definition) is 0.